The number of aromatic nitrogens is 3. The summed E-state index contributed by atoms with van der Waals surface area (Å²) in [6.07, 6.45) is 1.64. The first kappa shape index (κ1) is 14.4. The number of amides is 2. The second kappa shape index (κ2) is 6.47. The highest BCUT2D eigenvalue weighted by Crippen LogP contribution is 2.18. The zero-order valence-electron chi connectivity index (χ0n) is 11.6. The average Bonchev–Trinajstić information content (AvgIpc) is 3.06. The van der Waals surface area contributed by atoms with E-state index in [9.17, 15) is 9.59 Å². The molecule has 2 amide bonds. The van der Waals surface area contributed by atoms with Crippen molar-refractivity contribution in [3.63, 3.8) is 0 Å². The lowest BCUT2D eigenvalue weighted by Crippen LogP contribution is -2.35. The third-order valence-electron chi connectivity index (χ3n) is 3.35. The van der Waals surface area contributed by atoms with Gasteiger partial charge in [0.05, 0.1) is 18.6 Å². The number of hydrogen-bond donors (Lipinski definition) is 2. The van der Waals surface area contributed by atoms with Crippen LogP contribution in [0, 0.1) is 5.92 Å². The second-order valence-electron chi connectivity index (χ2n) is 4.83. The van der Waals surface area contributed by atoms with Crippen molar-refractivity contribution in [1.29, 1.82) is 0 Å². The molecule has 8 nitrogen and oxygen atoms in total. The molecule has 20 heavy (non-hydrogen) atoms. The molecule has 0 bridgehead atoms. The van der Waals surface area contributed by atoms with E-state index in [2.05, 4.69) is 20.5 Å². The van der Waals surface area contributed by atoms with E-state index >= 15 is 0 Å². The highest BCUT2D eigenvalue weighted by molar-refractivity contribution is 5.89. The van der Waals surface area contributed by atoms with Gasteiger partial charge in [-0.1, -0.05) is 0 Å². The van der Waals surface area contributed by atoms with Gasteiger partial charge in [0.2, 0.25) is 11.8 Å². The first-order chi connectivity index (χ1) is 9.61. The van der Waals surface area contributed by atoms with E-state index in [1.165, 1.54) is 6.33 Å². The molecule has 1 aromatic heterocycles. The van der Waals surface area contributed by atoms with Crippen molar-refractivity contribution >= 4 is 11.8 Å². The van der Waals surface area contributed by atoms with Crippen LogP contribution in [-0.2, 0) is 14.3 Å². The van der Waals surface area contributed by atoms with E-state index in [-0.39, 0.29) is 30.2 Å². The van der Waals surface area contributed by atoms with Crippen molar-refractivity contribution in [1.82, 2.24) is 25.4 Å². The number of hydrogen-bond acceptors (Lipinski definition) is 5. The van der Waals surface area contributed by atoms with Crippen LogP contribution in [-0.4, -0.2) is 58.7 Å². The summed E-state index contributed by atoms with van der Waals surface area (Å²) in [4.78, 5) is 29.6. The minimum atomic E-state index is -0.315. The Bertz CT molecular complexity index is 462. The van der Waals surface area contributed by atoms with E-state index in [4.69, 9.17) is 4.74 Å². The minimum absolute atomic E-state index is 0.00508. The summed E-state index contributed by atoms with van der Waals surface area (Å²) in [5, 5.41) is 9.29. The van der Waals surface area contributed by atoms with Gasteiger partial charge in [0.25, 0.3) is 0 Å². The van der Waals surface area contributed by atoms with Gasteiger partial charge in [0.1, 0.15) is 12.2 Å². The maximum atomic E-state index is 12.1. The van der Waals surface area contributed by atoms with E-state index in [0.29, 0.717) is 25.5 Å². The van der Waals surface area contributed by atoms with Gasteiger partial charge >= 0.3 is 0 Å². The Morgan fingerprint density at radius 2 is 2.50 bits per heavy atom. The summed E-state index contributed by atoms with van der Waals surface area (Å²) < 4.78 is 4.95. The standard InChI is InChI=1S/C12H19N5O3/c1-8(11-13-7-14-16-11)15-12(19)9-5-10(18)17(6-9)3-4-20-2/h7-9H,3-6H2,1-2H3,(H,15,19)(H,13,14,16). The number of nitrogens with one attached hydrogen (secondary N) is 2. The molecule has 1 aliphatic rings. The molecule has 8 heteroatoms. The fraction of sp³-hybridized carbons (Fsp3) is 0.667. The summed E-state index contributed by atoms with van der Waals surface area (Å²) >= 11 is 0. The molecule has 0 aliphatic carbocycles. The number of aromatic amines is 1. The van der Waals surface area contributed by atoms with Crippen molar-refractivity contribution < 1.29 is 14.3 Å². The Kier molecular flexibility index (Phi) is 4.67. The SMILES string of the molecule is COCCN1CC(C(=O)NC(C)c2ncn[nH]2)CC1=O. The van der Waals surface area contributed by atoms with Gasteiger partial charge in [-0.15, -0.1) is 0 Å². The topological polar surface area (TPSA) is 100 Å². The molecule has 110 valence electrons. The Morgan fingerprint density at radius 1 is 1.70 bits per heavy atom. The molecule has 0 aromatic carbocycles. The van der Waals surface area contributed by atoms with Gasteiger partial charge in [-0.05, 0) is 6.92 Å². The van der Waals surface area contributed by atoms with Crippen molar-refractivity contribution in [3.05, 3.63) is 12.2 Å². The molecule has 1 saturated heterocycles. The fourth-order valence-electron chi connectivity index (χ4n) is 2.19. The van der Waals surface area contributed by atoms with Gasteiger partial charge < -0.3 is 15.0 Å². The lowest BCUT2D eigenvalue weighted by atomic mass is 10.1. The molecule has 1 fully saturated rings. The molecule has 0 saturated carbocycles. The first-order valence-electron chi connectivity index (χ1n) is 6.54. The van der Waals surface area contributed by atoms with Crippen LogP contribution in [0.5, 0.6) is 0 Å². The Morgan fingerprint density at radius 3 is 3.15 bits per heavy atom. The number of ether oxygens (including phenoxy) is 1. The van der Waals surface area contributed by atoms with Gasteiger partial charge in [0, 0.05) is 26.6 Å². The molecular formula is C12H19N5O3. The smallest absolute Gasteiger partial charge is 0.226 e. The fourth-order valence-corrected chi connectivity index (χ4v) is 2.19. The molecule has 2 rings (SSSR count). The Labute approximate surface area is 116 Å². The predicted octanol–water partition coefficient (Wildman–Crippen LogP) is -0.523. The van der Waals surface area contributed by atoms with Gasteiger partial charge in [0.15, 0.2) is 0 Å². The van der Waals surface area contributed by atoms with Crippen LogP contribution in [0.3, 0.4) is 0 Å². The van der Waals surface area contributed by atoms with Crippen molar-refractivity contribution in [2.45, 2.75) is 19.4 Å². The van der Waals surface area contributed by atoms with E-state index in [1.807, 2.05) is 6.92 Å². The summed E-state index contributed by atoms with van der Waals surface area (Å²) in [7, 11) is 1.59. The number of likely N-dealkylation sites (tertiary alicyclic amines) is 1. The van der Waals surface area contributed by atoms with Crippen LogP contribution in [0.4, 0.5) is 0 Å². The quantitative estimate of drug-likeness (QED) is 0.730. The third kappa shape index (κ3) is 3.32. The second-order valence-corrected chi connectivity index (χ2v) is 4.83. The normalized spacial score (nSPS) is 20.2. The number of H-pyrrole nitrogens is 1. The van der Waals surface area contributed by atoms with Crippen molar-refractivity contribution in [2.24, 2.45) is 5.92 Å². The summed E-state index contributed by atoms with van der Waals surface area (Å²) in [5.74, 6) is 0.139. The van der Waals surface area contributed by atoms with Gasteiger partial charge in [-0.3, -0.25) is 14.7 Å². The zero-order chi connectivity index (χ0) is 14.5. The molecule has 2 heterocycles. The van der Waals surface area contributed by atoms with Crippen LogP contribution in [0.2, 0.25) is 0 Å². The number of methoxy groups -OCH3 is 1. The molecule has 0 radical (unpaired) electrons. The van der Waals surface area contributed by atoms with Gasteiger partial charge in [-0.2, -0.15) is 5.10 Å². The lowest BCUT2D eigenvalue weighted by molar-refractivity contribution is -0.129. The highest BCUT2D eigenvalue weighted by Gasteiger charge is 2.34. The van der Waals surface area contributed by atoms with Crippen LogP contribution in [0.1, 0.15) is 25.2 Å². The van der Waals surface area contributed by atoms with E-state index in [0.717, 1.165) is 0 Å². The summed E-state index contributed by atoms with van der Waals surface area (Å²) in [5.41, 5.74) is 0. The number of carbonyl (C=O) groups is 2. The van der Waals surface area contributed by atoms with Gasteiger partial charge in [-0.25, -0.2) is 4.98 Å². The number of carbonyl (C=O) groups excluding carboxylic acids is 2. The Balaban J connectivity index is 1.86. The molecule has 2 atom stereocenters. The number of rotatable bonds is 6. The largest absolute Gasteiger partial charge is 0.383 e. The van der Waals surface area contributed by atoms with Crippen molar-refractivity contribution in [3.8, 4) is 0 Å². The summed E-state index contributed by atoms with van der Waals surface area (Å²) in [6, 6.07) is -0.256. The maximum Gasteiger partial charge on any atom is 0.226 e. The van der Waals surface area contributed by atoms with E-state index < -0.39 is 0 Å². The lowest BCUT2D eigenvalue weighted by Gasteiger charge is -2.17. The molecule has 1 aromatic rings. The van der Waals surface area contributed by atoms with Crippen LogP contribution in [0.25, 0.3) is 0 Å². The highest BCUT2D eigenvalue weighted by atomic mass is 16.5. The van der Waals surface area contributed by atoms with Crippen LogP contribution >= 0.6 is 0 Å². The maximum absolute atomic E-state index is 12.1. The third-order valence-corrected chi connectivity index (χ3v) is 3.35. The first-order valence-corrected chi connectivity index (χ1v) is 6.54. The minimum Gasteiger partial charge on any atom is -0.383 e. The van der Waals surface area contributed by atoms with Crippen LogP contribution in [0.15, 0.2) is 6.33 Å². The average molecular weight is 281 g/mol. The molecule has 1 aliphatic heterocycles. The number of nitrogens with zero attached hydrogens (tertiary/aromatic N) is 3. The van der Waals surface area contributed by atoms with Crippen LogP contribution < -0.4 is 5.32 Å². The molecule has 0 spiro atoms. The Hall–Kier alpha value is -1.96. The predicted molar refractivity (Wildman–Crippen MR) is 69.5 cm³/mol. The van der Waals surface area contributed by atoms with Crippen molar-refractivity contribution in [2.75, 3.05) is 26.8 Å². The van der Waals surface area contributed by atoms with E-state index in [1.54, 1.807) is 12.0 Å². The summed E-state index contributed by atoms with van der Waals surface area (Å²) in [6.45, 7) is 3.26. The zero-order valence-corrected chi connectivity index (χ0v) is 11.6. The molecule has 2 N–H and O–H groups in total. The molecular weight excluding hydrogens is 262 g/mol. The monoisotopic (exact) mass is 281 g/mol. The molecule has 2 unspecified atom stereocenters.